The van der Waals surface area contributed by atoms with Gasteiger partial charge in [0.05, 0.1) is 5.92 Å². The zero-order valence-corrected chi connectivity index (χ0v) is 11.5. The molecule has 0 aromatic rings. The van der Waals surface area contributed by atoms with Crippen molar-refractivity contribution < 1.29 is 4.79 Å². The minimum absolute atomic E-state index is 0.163. The van der Waals surface area contributed by atoms with Crippen LogP contribution in [0.15, 0.2) is 0 Å². The summed E-state index contributed by atoms with van der Waals surface area (Å²) in [4.78, 5) is 14.3. The van der Waals surface area contributed by atoms with E-state index in [0.717, 1.165) is 39.1 Å². The van der Waals surface area contributed by atoms with Gasteiger partial charge >= 0.3 is 0 Å². The topological polar surface area (TPSA) is 44.4 Å². The second-order valence-corrected chi connectivity index (χ2v) is 4.86. The van der Waals surface area contributed by atoms with E-state index in [-0.39, 0.29) is 11.8 Å². The van der Waals surface area contributed by atoms with Crippen LogP contribution >= 0.6 is 0 Å². The molecule has 1 rings (SSSR count). The van der Waals surface area contributed by atoms with Crippen LogP contribution in [0.1, 0.15) is 33.6 Å². The highest BCUT2D eigenvalue weighted by Gasteiger charge is 2.28. The van der Waals surface area contributed by atoms with E-state index in [0.29, 0.717) is 6.04 Å². The molecule has 4 heteroatoms. The summed E-state index contributed by atoms with van der Waals surface area (Å²) in [5.41, 5.74) is 0. The van der Waals surface area contributed by atoms with E-state index < -0.39 is 0 Å². The van der Waals surface area contributed by atoms with E-state index in [9.17, 15) is 4.79 Å². The van der Waals surface area contributed by atoms with Gasteiger partial charge in [-0.25, -0.2) is 0 Å². The van der Waals surface area contributed by atoms with Crippen LogP contribution in [-0.2, 0) is 4.79 Å². The van der Waals surface area contributed by atoms with Gasteiger partial charge in [0.25, 0.3) is 0 Å². The van der Waals surface area contributed by atoms with Crippen molar-refractivity contribution in [3.8, 4) is 0 Å². The lowest BCUT2D eigenvalue weighted by molar-refractivity contribution is -0.125. The number of nitrogens with zero attached hydrogens (tertiary/aromatic N) is 1. The van der Waals surface area contributed by atoms with E-state index in [1.807, 2.05) is 0 Å². The first-order valence-electron chi connectivity index (χ1n) is 6.92. The largest absolute Gasteiger partial charge is 0.355 e. The predicted octanol–water partition coefficient (Wildman–Crippen LogP) is 0.833. The van der Waals surface area contributed by atoms with E-state index in [1.54, 1.807) is 0 Å². The van der Waals surface area contributed by atoms with Crippen molar-refractivity contribution in [2.45, 2.75) is 39.7 Å². The molecule has 17 heavy (non-hydrogen) atoms. The molecule has 2 atom stereocenters. The molecule has 0 radical (unpaired) electrons. The quantitative estimate of drug-likeness (QED) is 0.694. The van der Waals surface area contributed by atoms with Crippen molar-refractivity contribution in [3.63, 3.8) is 0 Å². The van der Waals surface area contributed by atoms with Gasteiger partial charge in [-0.05, 0) is 39.4 Å². The Morgan fingerprint density at radius 1 is 1.41 bits per heavy atom. The van der Waals surface area contributed by atoms with Gasteiger partial charge in [-0.2, -0.15) is 0 Å². The summed E-state index contributed by atoms with van der Waals surface area (Å²) >= 11 is 0. The SMILES string of the molecule is CCCN(CC)CCNC(=O)C1CCNC1C. The number of hydrogen-bond donors (Lipinski definition) is 2. The van der Waals surface area contributed by atoms with Gasteiger partial charge in [-0.1, -0.05) is 13.8 Å². The molecule has 2 N–H and O–H groups in total. The molecule has 0 aromatic carbocycles. The zero-order valence-electron chi connectivity index (χ0n) is 11.5. The summed E-state index contributed by atoms with van der Waals surface area (Å²) in [5.74, 6) is 0.381. The Bertz CT molecular complexity index is 233. The lowest BCUT2D eigenvalue weighted by Gasteiger charge is -2.21. The fourth-order valence-electron chi connectivity index (χ4n) is 2.43. The number of carbonyl (C=O) groups is 1. The summed E-state index contributed by atoms with van der Waals surface area (Å²) in [6.45, 7) is 11.3. The number of amides is 1. The fourth-order valence-corrected chi connectivity index (χ4v) is 2.43. The molecule has 0 bridgehead atoms. The number of hydrogen-bond acceptors (Lipinski definition) is 3. The molecule has 100 valence electrons. The Balaban J connectivity index is 2.19. The smallest absolute Gasteiger partial charge is 0.224 e. The molecule has 1 heterocycles. The van der Waals surface area contributed by atoms with Crippen molar-refractivity contribution in [3.05, 3.63) is 0 Å². The maximum Gasteiger partial charge on any atom is 0.224 e. The van der Waals surface area contributed by atoms with Crippen LogP contribution in [0.4, 0.5) is 0 Å². The second kappa shape index (κ2) is 7.67. The zero-order chi connectivity index (χ0) is 12.7. The highest BCUT2D eigenvalue weighted by Crippen LogP contribution is 2.14. The molecule has 1 aliphatic heterocycles. The maximum absolute atomic E-state index is 11.9. The van der Waals surface area contributed by atoms with Gasteiger partial charge in [-0.15, -0.1) is 0 Å². The Morgan fingerprint density at radius 2 is 2.18 bits per heavy atom. The van der Waals surface area contributed by atoms with E-state index in [1.165, 1.54) is 6.42 Å². The van der Waals surface area contributed by atoms with Crippen molar-refractivity contribution in [1.29, 1.82) is 0 Å². The Hall–Kier alpha value is -0.610. The minimum Gasteiger partial charge on any atom is -0.355 e. The molecule has 4 nitrogen and oxygen atoms in total. The summed E-state index contributed by atoms with van der Waals surface area (Å²) in [5, 5.41) is 6.37. The molecule has 1 aliphatic rings. The van der Waals surface area contributed by atoms with Crippen LogP contribution in [0.2, 0.25) is 0 Å². The van der Waals surface area contributed by atoms with Gasteiger partial charge in [0.1, 0.15) is 0 Å². The van der Waals surface area contributed by atoms with Gasteiger partial charge in [0, 0.05) is 19.1 Å². The third-order valence-corrected chi connectivity index (χ3v) is 3.58. The summed E-state index contributed by atoms with van der Waals surface area (Å²) in [6.07, 6.45) is 2.14. The van der Waals surface area contributed by atoms with Gasteiger partial charge in [0.15, 0.2) is 0 Å². The van der Waals surface area contributed by atoms with Crippen LogP contribution in [0, 0.1) is 5.92 Å². The normalized spacial score (nSPS) is 24.2. The summed E-state index contributed by atoms with van der Waals surface area (Å²) in [6, 6.07) is 0.327. The van der Waals surface area contributed by atoms with E-state index in [2.05, 4.69) is 36.3 Å². The van der Waals surface area contributed by atoms with E-state index >= 15 is 0 Å². The lowest BCUT2D eigenvalue weighted by Crippen LogP contribution is -2.40. The van der Waals surface area contributed by atoms with Crippen LogP contribution < -0.4 is 10.6 Å². The summed E-state index contributed by atoms with van der Waals surface area (Å²) in [7, 11) is 0. The van der Waals surface area contributed by atoms with Gasteiger partial charge in [0.2, 0.25) is 5.91 Å². The summed E-state index contributed by atoms with van der Waals surface area (Å²) < 4.78 is 0. The number of nitrogens with one attached hydrogen (secondary N) is 2. The van der Waals surface area contributed by atoms with E-state index in [4.69, 9.17) is 0 Å². The van der Waals surface area contributed by atoms with Crippen LogP contribution in [-0.4, -0.2) is 49.6 Å². The molecule has 1 fully saturated rings. The maximum atomic E-state index is 11.9. The van der Waals surface area contributed by atoms with Crippen LogP contribution in [0.3, 0.4) is 0 Å². The lowest BCUT2D eigenvalue weighted by atomic mass is 10.0. The second-order valence-electron chi connectivity index (χ2n) is 4.86. The van der Waals surface area contributed by atoms with Crippen molar-refractivity contribution in [2.24, 2.45) is 5.92 Å². The number of carbonyl (C=O) groups excluding carboxylic acids is 1. The third-order valence-electron chi connectivity index (χ3n) is 3.58. The third kappa shape index (κ3) is 4.64. The molecule has 1 amide bonds. The van der Waals surface area contributed by atoms with Crippen molar-refractivity contribution in [2.75, 3.05) is 32.7 Å². The van der Waals surface area contributed by atoms with Crippen LogP contribution in [0.5, 0.6) is 0 Å². The average Bonchev–Trinajstić information content (AvgIpc) is 2.74. The monoisotopic (exact) mass is 241 g/mol. The first-order chi connectivity index (χ1) is 8.19. The molecule has 0 aliphatic carbocycles. The molecule has 0 saturated carbocycles. The fraction of sp³-hybridized carbons (Fsp3) is 0.923. The standard InChI is InChI=1S/C13H27N3O/c1-4-9-16(5-2)10-8-15-13(17)12-6-7-14-11(12)3/h11-12,14H,4-10H2,1-3H3,(H,15,17). The minimum atomic E-state index is 0.163. The van der Waals surface area contributed by atoms with Gasteiger partial charge < -0.3 is 15.5 Å². The predicted molar refractivity (Wildman–Crippen MR) is 71.0 cm³/mol. The number of likely N-dealkylation sites (N-methyl/N-ethyl adjacent to an activating group) is 1. The van der Waals surface area contributed by atoms with Crippen molar-refractivity contribution in [1.82, 2.24) is 15.5 Å². The molecule has 2 unspecified atom stereocenters. The van der Waals surface area contributed by atoms with Crippen LogP contribution in [0.25, 0.3) is 0 Å². The van der Waals surface area contributed by atoms with Crippen molar-refractivity contribution >= 4 is 5.91 Å². The Labute approximate surface area is 105 Å². The first kappa shape index (κ1) is 14.5. The van der Waals surface area contributed by atoms with Gasteiger partial charge in [-0.3, -0.25) is 4.79 Å². The average molecular weight is 241 g/mol. The molecular formula is C13H27N3O. The first-order valence-corrected chi connectivity index (χ1v) is 6.92. The molecule has 1 saturated heterocycles. The molecule has 0 spiro atoms. The molecule has 0 aromatic heterocycles. The Morgan fingerprint density at radius 3 is 2.71 bits per heavy atom. The highest BCUT2D eigenvalue weighted by atomic mass is 16.1. The highest BCUT2D eigenvalue weighted by molar-refractivity contribution is 5.79. The Kier molecular flexibility index (Phi) is 6.52. The number of rotatable bonds is 7. The molecular weight excluding hydrogens is 214 g/mol.